The molecular weight excluding hydrogens is 313 g/mol. The third-order valence-corrected chi connectivity index (χ3v) is 4.53. The maximum Gasteiger partial charge on any atom is 0.343 e. The van der Waals surface area contributed by atoms with Crippen molar-refractivity contribution in [2.75, 3.05) is 0 Å². The largest absolute Gasteiger partial charge is 0.343 e. The number of aromatic nitrogens is 3. The Bertz CT molecular complexity index is 829. The SMILES string of the molecule is O=c1[nH]nc(SCc2ccccc2F)n1CCc1ccccc1. The number of H-pyrrole nitrogens is 1. The first-order chi connectivity index (χ1) is 11.2. The summed E-state index contributed by atoms with van der Waals surface area (Å²) in [5.41, 5.74) is 1.52. The van der Waals surface area contributed by atoms with Crippen LogP contribution in [-0.4, -0.2) is 14.8 Å². The minimum atomic E-state index is -0.242. The van der Waals surface area contributed by atoms with Crippen molar-refractivity contribution in [2.24, 2.45) is 0 Å². The molecular formula is C17H16FN3OS. The summed E-state index contributed by atoms with van der Waals surface area (Å²) in [6.45, 7) is 0.541. The Labute approximate surface area is 137 Å². The van der Waals surface area contributed by atoms with Gasteiger partial charge in [0.05, 0.1) is 0 Å². The highest BCUT2D eigenvalue weighted by atomic mass is 32.2. The van der Waals surface area contributed by atoms with Crippen LogP contribution in [-0.2, 0) is 18.7 Å². The van der Waals surface area contributed by atoms with E-state index in [2.05, 4.69) is 10.2 Å². The Morgan fingerprint density at radius 1 is 1.09 bits per heavy atom. The van der Waals surface area contributed by atoms with Crippen molar-refractivity contribution < 1.29 is 4.39 Å². The number of hydrogen-bond acceptors (Lipinski definition) is 3. The lowest BCUT2D eigenvalue weighted by atomic mass is 10.1. The summed E-state index contributed by atoms with van der Waals surface area (Å²) in [7, 11) is 0. The van der Waals surface area contributed by atoms with Gasteiger partial charge in [-0.25, -0.2) is 14.3 Å². The summed E-state index contributed by atoms with van der Waals surface area (Å²) < 4.78 is 15.3. The molecule has 0 saturated carbocycles. The van der Waals surface area contributed by atoms with E-state index in [9.17, 15) is 9.18 Å². The predicted molar refractivity (Wildman–Crippen MR) is 89.0 cm³/mol. The minimum Gasteiger partial charge on any atom is -0.270 e. The fourth-order valence-electron chi connectivity index (χ4n) is 2.25. The van der Waals surface area contributed by atoms with Gasteiger partial charge in [-0.1, -0.05) is 60.3 Å². The number of benzene rings is 2. The van der Waals surface area contributed by atoms with Gasteiger partial charge in [-0.3, -0.25) is 4.57 Å². The molecule has 0 spiro atoms. The average Bonchev–Trinajstić information content (AvgIpc) is 2.93. The highest BCUT2D eigenvalue weighted by Crippen LogP contribution is 2.21. The Morgan fingerprint density at radius 3 is 2.61 bits per heavy atom. The smallest absolute Gasteiger partial charge is 0.270 e. The van der Waals surface area contributed by atoms with Crippen molar-refractivity contribution in [3.63, 3.8) is 0 Å². The Kier molecular flexibility index (Phi) is 4.92. The van der Waals surface area contributed by atoms with Crippen molar-refractivity contribution in [1.29, 1.82) is 0 Å². The number of nitrogens with one attached hydrogen (secondary N) is 1. The second-order valence-corrected chi connectivity index (χ2v) is 6.02. The maximum absolute atomic E-state index is 13.7. The van der Waals surface area contributed by atoms with Crippen LogP contribution in [0.3, 0.4) is 0 Å². The van der Waals surface area contributed by atoms with E-state index in [1.54, 1.807) is 22.8 Å². The van der Waals surface area contributed by atoms with E-state index in [0.29, 0.717) is 23.0 Å². The lowest BCUT2D eigenvalue weighted by molar-refractivity contribution is 0.612. The molecule has 3 aromatic rings. The molecule has 0 fully saturated rings. The van der Waals surface area contributed by atoms with Crippen LogP contribution in [0.5, 0.6) is 0 Å². The van der Waals surface area contributed by atoms with Gasteiger partial charge in [0.1, 0.15) is 5.82 Å². The molecule has 1 N–H and O–H groups in total. The van der Waals surface area contributed by atoms with Crippen LogP contribution in [0.4, 0.5) is 4.39 Å². The molecule has 3 rings (SSSR count). The van der Waals surface area contributed by atoms with E-state index in [1.807, 2.05) is 30.3 Å². The van der Waals surface area contributed by atoms with Crippen molar-refractivity contribution in [3.05, 3.63) is 82.0 Å². The van der Waals surface area contributed by atoms with Crippen LogP contribution in [0.1, 0.15) is 11.1 Å². The van der Waals surface area contributed by atoms with Crippen LogP contribution in [0.15, 0.2) is 64.5 Å². The molecule has 0 aliphatic heterocycles. The van der Waals surface area contributed by atoms with Crippen LogP contribution >= 0.6 is 11.8 Å². The minimum absolute atomic E-state index is 0.239. The summed E-state index contributed by atoms with van der Waals surface area (Å²) >= 11 is 1.35. The average molecular weight is 329 g/mol. The van der Waals surface area contributed by atoms with Gasteiger partial charge in [-0.05, 0) is 23.6 Å². The van der Waals surface area contributed by atoms with E-state index < -0.39 is 0 Å². The zero-order valence-electron chi connectivity index (χ0n) is 12.4. The molecule has 0 amide bonds. The van der Waals surface area contributed by atoms with Gasteiger partial charge in [-0.15, -0.1) is 5.10 Å². The molecule has 118 valence electrons. The predicted octanol–water partition coefficient (Wildman–Crippen LogP) is 3.25. The lowest BCUT2D eigenvalue weighted by Gasteiger charge is -2.06. The third-order valence-electron chi connectivity index (χ3n) is 3.50. The van der Waals surface area contributed by atoms with Crippen molar-refractivity contribution in [1.82, 2.24) is 14.8 Å². The molecule has 0 radical (unpaired) electrons. The maximum atomic E-state index is 13.7. The lowest BCUT2D eigenvalue weighted by Crippen LogP contribution is -2.18. The zero-order chi connectivity index (χ0) is 16.1. The van der Waals surface area contributed by atoms with Gasteiger partial charge in [0.2, 0.25) is 0 Å². The van der Waals surface area contributed by atoms with Crippen LogP contribution < -0.4 is 5.69 Å². The van der Waals surface area contributed by atoms with E-state index in [1.165, 1.54) is 17.8 Å². The summed E-state index contributed by atoms with van der Waals surface area (Å²) in [5.74, 6) is 0.191. The van der Waals surface area contributed by atoms with Crippen molar-refractivity contribution in [3.8, 4) is 0 Å². The first-order valence-electron chi connectivity index (χ1n) is 7.29. The first kappa shape index (κ1) is 15.6. The van der Waals surface area contributed by atoms with Crippen molar-refractivity contribution in [2.45, 2.75) is 23.9 Å². The monoisotopic (exact) mass is 329 g/mol. The zero-order valence-corrected chi connectivity index (χ0v) is 13.2. The number of hydrogen-bond donors (Lipinski definition) is 1. The second-order valence-electron chi connectivity index (χ2n) is 5.08. The van der Waals surface area contributed by atoms with E-state index >= 15 is 0 Å². The topological polar surface area (TPSA) is 50.7 Å². The fraction of sp³-hybridized carbons (Fsp3) is 0.176. The molecule has 0 saturated heterocycles. The Morgan fingerprint density at radius 2 is 1.83 bits per heavy atom. The number of rotatable bonds is 6. The molecule has 0 atom stereocenters. The summed E-state index contributed by atoms with van der Waals surface area (Å²) in [6, 6.07) is 16.6. The van der Waals surface area contributed by atoms with Gasteiger partial charge >= 0.3 is 5.69 Å². The highest BCUT2D eigenvalue weighted by Gasteiger charge is 2.10. The van der Waals surface area contributed by atoms with Crippen LogP contribution in [0.25, 0.3) is 0 Å². The van der Waals surface area contributed by atoms with Crippen LogP contribution in [0, 0.1) is 5.82 Å². The summed E-state index contributed by atoms with van der Waals surface area (Å²) in [6.07, 6.45) is 0.744. The number of aryl methyl sites for hydroxylation is 1. The molecule has 0 bridgehead atoms. The number of aromatic amines is 1. The standard InChI is InChI=1S/C17H16FN3OS/c18-15-9-5-4-8-14(15)12-23-17-20-19-16(22)21(17)11-10-13-6-2-1-3-7-13/h1-9H,10-12H2,(H,19,22). The molecule has 4 nitrogen and oxygen atoms in total. The third kappa shape index (κ3) is 3.90. The normalized spacial score (nSPS) is 10.8. The van der Waals surface area contributed by atoms with Gasteiger partial charge in [0.25, 0.3) is 0 Å². The molecule has 0 aliphatic rings. The van der Waals surface area contributed by atoms with Gasteiger partial charge in [0.15, 0.2) is 5.16 Å². The van der Waals surface area contributed by atoms with Crippen molar-refractivity contribution >= 4 is 11.8 Å². The second kappa shape index (κ2) is 7.28. The van der Waals surface area contributed by atoms with Gasteiger partial charge in [0, 0.05) is 12.3 Å². The van der Waals surface area contributed by atoms with E-state index in [-0.39, 0.29) is 11.5 Å². The van der Waals surface area contributed by atoms with E-state index in [4.69, 9.17) is 0 Å². The Balaban J connectivity index is 1.69. The highest BCUT2D eigenvalue weighted by molar-refractivity contribution is 7.98. The molecule has 0 unspecified atom stereocenters. The summed E-state index contributed by atoms with van der Waals surface area (Å²) in [5, 5.41) is 7.08. The van der Waals surface area contributed by atoms with E-state index in [0.717, 1.165) is 12.0 Å². The molecule has 2 aromatic carbocycles. The molecule has 6 heteroatoms. The molecule has 0 aliphatic carbocycles. The quantitative estimate of drug-likeness (QED) is 0.706. The van der Waals surface area contributed by atoms with Crippen LogP contribution in [0.2, 0.25) is 0 Å². The number of thioether (sulfide) groups is 1. The Hall–Kier alpha value is -2.34. The molecule has 23 heavy (non-hydrogen) atoms. The number of halogens is 1. The van der Waals surface area contributed by atoms with Gasteiger partial charge in [-0.2, -0.15) is 0 Å². The summed E-state index contributed by atoms with van der Waals surface area (Å²) in [4.78, 5) is 11.9. The number of nitrogens with zero attached hydrogens (tertiary/aromatic N) is 2. The van der Waals surface area contributed by atoms with Gasteiger partial charge < -0.3 is 0 Å². The first-order valence-corrected chi connectivity index (χ1v) is 8.28. The molecule has 1 aromatic heterocycles. The fourth-order valence-corrected chi connectivity index (χ4v) is 3.21. The molecule has 1 heterocycles.